The van der Waals surface area contributed by atoms with Crippen molar-refractivity contribution in [1.29, 1.82) is 0 Å². The molecule has 0 saturated heterocycles. The largest absolute Gasteiger partial charge is 0.493 e. The van der Waals surface area contributed by atoms with Crippen LogP contribution in [0.4, 0.5) is 4.39 Å². The van der Waals surface area contributed by atoms with E-state index in [2.05, 4.69) is 68.0 Å². The van der Waals surface area contributed by atoms with E-state index in [1.807, 2.05) is 18.2 Å². The summed E-state index contributed by atoms with van der Waals surface area (Å²) in [6.07, 6.45) is 4.00. The lowest BCUT2D eigenvalue weighted by atomic mass is 10.1. The second kappa shape index (κ2) is 18.1. The molecule has 0 amide bonds. The molecular formula is C39H55FN4O3. The maximum atomic E-state index is 13.8. The number of benzene rings is 3. The number of ether oxygens (including phenoxy) is 3. The predicted molar refractivity (Wildman–Crippen MR) is 192 cm³/mol. The van der Waals surface area contributed by atoms with Gasteiger partial charge in [0.05, 0.1) is 18.7 Å². The van der Waals surface area contributed by atoms with Crippen LogP contribution >= 0.6 is 0 Å². The first-order valence-electron chi connectivity index (χ1n) is 17.6. The minimum Gasteiger partial charge on any atom is -0.493 e. The Hall–Kier alpha value is -3.62. The molecule has 7 nitrogen and oxygen atoms in total. The standard InChI is InChI=1S/C39H55FN4O3/c1-8-13-22-44-36-27-33(45-23-14-20-42(9-2)10-3)28-37(46-24-15-21-43(11-4)12-5)38(36)41-39(44)34-18-16-31(25-29(34)6)47-32-17-19-35(40)30(7)26-32/h16-19,25-28H,8-15,20-24H2,1-7H3. The minimum absolute atomic E-state index is 0.240. The van der Waals surface area contributed by atoms with Gasteiger partial charge in [-0.15, -0.1) is 0 Å². The van der Waals surface area contributed by atoms with Crippen molar-refractivity contribution in [3.8, 4) is 34.4 Å². The average molecular weight is 647 g/mol. The first-order valence-corrected chi connectivity index (χ1v) is 17.6. The lowest BCUT2D eigenvalue weighted by Crippen LogP contribution is -2.25. The third-order valence-electron chi connectivity index (χ3n) is 8.88. The van der Waals surface area contributed by atoms with E-state index >= 15 is 0 Å². The van der Waals surface area contributed by atoms with Crippen LogP contribution in [-0.2, 0) is 6.54 Å². The molecule has 47 heavy (non-hydrogen) atoms. The Balaban J connectivity index is 1.68. The van der Waals surface area contributed by atoms with Crippen molar-refractivity contribution < 1.29 is 18.6 Å². The van der Waals surface area contributed by atoms with Crippen LogP contribution in [0.2, 0.25) is 0 Å². The molecule has 1 heterocycles. The van der Waals surface area contributed by atoms with E-state index in [0.29, 0.717) is 30.3 Å². The summed E-state index contributed by atoms with van der Waals surface area (Å²) in [5.41, 5.74) is 4.52. The fraction of sp³-hybridized carbons (Fsp3) is 0.513. The molecule has 0 N–H and O–H groups in total. The number of imidazole rings is 1. The molecule has 3 aromatic carbocycles. The van der Waals surface area contributed by atoms with Crippen LogP contribution in [0.15, 0.2) is 48.5 Å². The van der Waals surface area contributed by atoms with Gasteiger partial charge in [0, 0.05) is 37.3 Å². The highest BCUT2D eigenvalue weighted by Gasteiger charge is 2.20. The van der Waals surface area contributed by atoms with Crippen LogP contribution in [0.5, 0.6) is 23.0 Å². The van der Waals surface area contributed by atoms with Gasteiger partial charge in [0.15, 0.2) is 5.75 Å². The minimum atomic E-state index is -0.240. The van der Waals surface area contributed by atoms with Crippen molar-refractivity contribution in [2.45, 2.75) is 80.7 Å². The van der Waals surface area contributed by atoms with E-state index in [0.717, 1.165) is 111 Å². The monoisotopic (exact) mass is 646 g/mol. The summed E-state index contributed by atoms with van der Waals surface area (Å²) in [6, 6.07) is 15.0. The highest BCUT2D eigenvalue weighted by molar-refractivity contribution is 5.88. The van der Waals surface area contributed by atoms with Gasteiger partial charge in [0.1, 0.15) is 34.4 Å². The fourth-order valence-corrected chi connectivity index (χ4v) is 5.90. The third kappa shape index (κ3) is 9.71. The van der Waals surface area contributed by atoms with E-state index < -0.39 is 0 Å². The number of unbranched alkanes of at least 4 members (excludes halogenated alkanes) is 1. The Kier molecular flexibility index (Phi) is 13.9. The van der Waals surface area contributed by atoms with Gasteiger partial charge in [-0.05, 0) is 107 Å². The average Bonchev–Trinajstić information content (AvgIpc) is 3.43. The van der Waals surface area contributed by atoms with Crippen molar-refractivity contribution in [3.63, 3.8) is 0 Å². The Labute approximate surface area is 281 Å². The maximum Gasteiger partial charge on any atom is 0.150 e. The highest BCUT2D eigenvalue weighted by Crippen LogP contribution is 2.37. The normalized spacial score (nSPS) is 11.6. The molecule has 0 bridgehead atoms. The zero-order valence-electron chi connectivity index (χ0n) is 29.7. The predicted octanol–water partition coefficient (Wildman–Crippen LogP) is 9.27. The smallest absolute Gasteiger partial charge is 0.150 e. The molecule has 4 aromatic rings. The van der Waals surface area contributed by atoms with Gasteiger partial charge in [-0.2, -0.15) is 0 Å². The van der Waals surface area contributed by atoms with Crippen LogP contribution in [-0.4, -0.2) is 71.8 Å². The first kappa shape index (κ1) is 36.2. The number of aryl methyl sites for hydroxylation is 3. The maximum absolute atomic E-state index is 13.8. The Morgan fingerprint density at radius 2 is 1.32 bits per heavy atom. The topological polar surface area (TPSA) is 52.0 Å². The summed E-state index contributed by atoms with van der Waals surface area (Å²) in [6.45, 7) is 23.1. The van der Waals surface area contributed by atoms with Crippen molar-refractivity contribution in [2.75, 3.05) is 52.5 Å². The number of rotatable bonds is 20. The second-order valence-corrected chi connectivity index (χ2v) is 12.2. The van der Waals surface area contributed by atoms with Crippen LogP contribution in [0.3, 0.4) is 0 Å². The van der Waals surface area contributed by atoms with Gasteiger partial charge >= 0.3 is 0 Å². The Bertz CT molecular complexity index is 1560. The zero-order chi connectivity index (χ0) is 33.8. The number of nitrogens with zero attached hydrogens (tertiary/aromatic N) is 4. The summed E-state index contributed by atoms with van der Waals surface area (Å²) in [7, 11) is 0. The quantitative estimate of drug-likeness (QED) is 0.0893. The van der Waals surface area contributed by atoms with Gasteiger partial charge in [0.2, 0.25) is 0 Å². The fourth-order valence-electron chi connectivity index (χ4n) is 5.90. The second-order valence-electron chi connectivity index (χ2n) is 12.2. The molecule has 256 valence electrons. The molecule has 0 aliphatic carbocycles. The highest BCUT2D eigenvalue weighted by atomic mass is 19.1. The summed E-state index contributed by atoms with van der Waals surface area (Å²) in [5.74, 6) is 3.55. The van der Waals surface area contributed by atoms with E-state index in [-0.39, 0.29) is 5.82 Å². The van der Waals surface area contributed by atoms with Gasteiger partial charge in [-0.3, -0.25) is 0 Å². The summed E-state index contributed by atoms with van der Waals surface area (Å²) in [4.78, 5) is 10.1. The van der Waals surface area contributed by atoms with Crippen molar-refractivity contribution in [1.82, 2.24) is 19.4 Å². The number of hydrogen-bond donors (Lipinski definition) is 0. The molecule has 0 aliphatic rings. The van der Waals surface area contributed by atoms with E-state index in [4.69, 9.17) is 19.2 Å². The number of aromatic nitrogens is 2. The SMILES string of the molecule is CCCCn1c(-c2ccc(Oc3ccc(F)c(C)c3)cc2C)nc2c(OCCCN(CC)CC)cc(OCCCN(CC)CC)cc21. The molecule has 8 heteroatoms. The lowest BCUT2D eigenvalue weighted by Gasteiger charge is -2.18. The summed E-state index contributed by atoms with van der Waals surface area (Å²) < 4.78 is 35.1. The van der Waals surface area contributed by atoms with E-state index in [1.54, 1.807) is 19.1 Å². The van der Waals surface area contributed by atoms with Gasteiger partial charge < -0.3 is 28.6 Å². The van der Waals surface area contributed by atoms with Crippen molar-refractivity contribution in [2.24, 2.45) is 0 Å². The lowest BCUT2D eigenvalue weighted by molar-refractivity contribution is 0.243. The zero-order valence-corrected chi connectivity index (χ0v) is 29.7. The number of fused-ring (bicyclic) bond motifs is 1. The summed E-state index contributed by atoms with van der Waals surface area (Å²) in [5, 5.41) is 0. The number of hydrogen-bond acceptors (Lipinski definition) is 6. The molecule has 0 spiro atoms. The van der Waals surface area contributed by atoms with Gasteiger partial charge in [-0.1, -0.05) is 41.0 Å². The van der Waals surface area contributed by atoms with E-state index in [1.165, 1.54) is 6.07 Å². The molecular weight excluding hydrogens is 591 g/mol. The molecule has 0 aliphatic heterocycles. The van der Waals surface area contributed by atoms with Crippen molar-refractivity contribution in [3.05, 3.63) is 65.5 Å². The number of halogens is 1. The van der Waals surface area contributed by atoms with E-state index in [9.17, 15) is 4.39 Å². The molecule has 0 unspecified atom stereocenters. The Morgan fingerprint density at radius 3 is 1.91 bits per heavy atom. The third-order valence-corrected chi connectivity index (χ3v) is 8.88. The van der Waals surface area contributed by atoms with Crippen molar-refractivity contribution >= 4 is 11.0 Å². The Morgan fingerprint density at radius 1 is 0.702 bits per heavy atom. The summed E-state index contributed by atoms with van der Waals surface area (Å²) >= 11 is 0. The van der Waals surface area contributed by atoms with Crippen LogP contribution in [0.1, 0.15) is 71.4 Å². The molecule has 0 fully saturated rings. The van der Waals surface area contributed by atoms with Crippen LogP contribution in [0, 0.1) is 19.7 Å². The first-order chi connectivity index (χ1) is 22.8. The molecule has 4 rings (SSSR count). The molecule has 1 aromatic heterocycles. The van der Waals surface area contributed by atoms with Crippen LogP contribution in [0.25, 0.3) is 22.4 Å². The molecule has 0 atom stereocenters. The molecule has 0 saturated carbocycles. The molecule has 0 radical (unpaired) electrons. The van der Waals surface area contributed by atoms with Gasteiger partial charge in [0.25, 0.3) is 0 Å². The van der Waals surface area contributed by atoms with Crippen LogP contribution < -0.4 is 14.2 Å². The van der Waals surface area contributed by atoms with Gasteiger partial charge in [-0.25, -0.2) is 9.37 Å².